The molecule has 6 nitrogen and oxygen atoms in total. The van der Waals surface area contributed by atoms with Crippen LogP contribution in [0.4, 0.5) is 0 Å². The van der Waals surface area contributed by atoms with Gasteiger partial charge in [-0.3, -0.25) is 9.59 Å². The Balaban J connectivity index is 1.60. The smallest absolute Gasteiger partial charge is 0.338 e. The fraction of sp³-hybridized carbons (Fsp3) is 0.208. The van der Waals surface area contributed by atoms with Crippen LogP contribution < -0.4 is 5.32 Å². The minimum Gasteiger partial charge on any atom is -0.451 e. The zero-order valence-electron chi connectivity index (χ0n) is 17.0. The highest BCUT2D eigenvalue weighted by Gasteiger charge is 2.20. The average molecular weight is 404 g/mol. The van der Waals surface area contributed by atoms with Gasteiger partial charge in [-0.25, -0.2) is 4.79 Å². The second kappa shape index (κ2) is 9.69. The molecule has 0 saturated carbocycles. The lowest BCUT2D eigenvalue weighted by Gasteiger charge is -2.13. The highest BCUT2D eigenvalue weighted by Crippen LogP contribution is 2.15. The van der Waals surface area contributed by atoms with Crippen molar-refractivity contribution in [2.45, 2.75) is 26.4 Å². The summed E-state index contributed by atoms with van der Waals surface area (Å²) in [7, 11) is 0. The van der Waals surface area contributed by atoms with Gasteiger partial charge in [-0.15, -0.1) is 0 Å². The number of aromatic nitrogens is 1. The molecular weight excluding hydrogens is 380 g/mol. The van der Waals surface area contributed by atoms with Crippen LogP contribution >= 0.6 is 0 Å². The zero-order chi connectivity index (χ0) is 21.5. The molecule has 0 fully saturated rings. The predicted molar refractivity (Wildman–Crippen MR) is 114 cm³/mol. The number of rotatable bonds is 8. The molecule has 1 atom stereocenters. The molecule has 0 unspecified atom stereocenters. The lowest BCUT2D eigenvalue weighted by Crippen LogP contribution is -2.24. The molecule has 1 amide bonds. The summed E-state index contributed by atoms with van der Waals surface area (Å²) in [6.45, 7) is 3.58. The lowest BCUT2D eigenvalue weighted by atomic mass is 10.0. The van der Waals surface area contributed by atoms with Crippen LogP contribution in [0.5, 0.6) is 0 Å². The van der Waals surface area contributed by atoms with E-state index in [-0.39, 0.29) is 11.7 Å². The first-order chi connectivity index (χ1) is 14.4. The van der Waals surface area contributed by atoms with Crippen molar-refractivity contribution in [3.8, 4) is 5.69 Å². The Hall–Kier alpha value is -3.67. The second-order valence-corrected chi connectivity index (χ2v) is 6.98. The molecule has 154 valence electrons. The van der Waals surface area contributed by atoms with Gasteiger partial charge < -0.3 is 14.6 Å². The zero-order valence-corrected chi connectivity index (χ0v) is 17.0. The van der Waals surface area contributed by atoms with Gasteiger partial charge in [-0.05, 0) is 49.2 Å². The minimum atomic E-state index is -0.905. The SMILES string of the molecule is CC(=O)NCCc1ccc(C(=O)[C@@H](C)OC(=O)c2cccc(-n3cccc3)c2)cc1. The van der Waals surface area contributed by atoms with Gasteiger partial charge in [0.1, 0.15) is 0 Å². The highest BCUT2D eigenvalue weighted by atomic mass is 16.5. The standard InChI is InChI=1S/C24H24N2O4/c1-17(23(28)20-10-8-19(9-11-20)12-13-25-18(2)27)30-24(29)21-6-5-7-22(16-21)26-14-3-4-15-26/h3-11,14-17H,12-13H2,1-2H3,(H,25,27)/t17-/m1/s1. The Bertz CT molecular complexity index is 1020. The number of benzene rings is 2. The number of Topliss-reactive ketones (excluding diaryl/α,β-unsaturated/α-hetero) is 1. The van der Waals surface area contributed by atoms with Gasteiger partial charge in [-0.1, -0.05) is 30.3 Å². The molecule has 3 aromatic rings. The van der Waals surface area contributed by atoms with Gasteiger partial charge in [0.05, 0.1) is 5.56 Å². The van der Waals surface area contributed by atoms with E-state index in [0.717, 1.165) is 11.3 Å². The Morgan fingerprint density at radius 2 is 1.67 bits per heavy atom. The number of carbonyl (C=O) groups is 3. The fourth-order valence-corrected chi connectivity index (χ4v) is 3.04. The molecule has 0 spiro atoms. The molecule has 3 rings (SSSR count). The van der Waals surface area contributed by atoms with Gasteiger partial charge in [-0.2, -0.15) is 0 Å². The fourth-order valence-electron chi connectivity index (χ4n) is 3.04. The Morgan fingerprint density at radius 3 is 2.33 bits per heavy atom. The van der Waals surface area contributed by atoms with E-state index < -0.39 is 12.1 Å². The predicted octanol–water partition coefficient (Wildman–Crippen LogP) is 3.58. The quantitative estimate of drug-likeness (QED) is 0.460. The molecule has 2 aromatic carbocycles. The normalized spacial score (nSPS) is 11.5. The maximum absolute atomic E-state index is 12.6. The maximum atomic E-state index is 12.6. The van der Waals surface area contributed by atoms with Gasteiger partial charge in [0.25, 0.3) is 0 Å². The number of nitrogens with one attached hydrogen (secondary N) is 1. The number of carbonyl (C=O) groups excluding carboxylic acids is 3. The first-order valence-electron chi connectivity index (χ1n) is 9.76. The van der Waals surface area contributed by atoms with Crippen molar-refractivity contribution in [3.05, 3.63) is 89.7 Å². The van der Waals surface area contributed by atoms with Crippen molar-refractivity contribution in [2.24, 2.45) is 0 Å². The van der Waals surface area contributed by atoms with E-state index in [9.17, 15) is 14.4 Å². The molecule has 0 bridgehead atoms. The van der Waals surface area contributed by atoms with Gasteiger partial charge in [0, 0.05) is 37.1 Å². The summed E-state index contributed by atoms with van der Waals surface area (Å²) in [4.78, 5) is 36.1. The van der Waals surface area contributed by atoms with Gasteiger partial charge >= 0.3 is 5.97 Å². The van der Waals surface area contributed by atoms with E-state index >= 15 is 0 Å². The van der Waals surface area contributed by atoms with E-state index in [0.29, 0.717) is 24.1 Å². The maximum Gasteiger partial charge on any atom is 0.338 e. The first kappa shape index (κ1) is 21.0. The second-order valence-electron chi connectivity index (χ2n) is 6.98. The van der Waals surface area contributed by atoms with Crippen LogP contribution in [0.25, 0.3) is 5.69 Å². The molecule has 30 heavy (non-hydrogen) atoms. The molecule has 0 aliphatic rings. The van der Waals surface area contributed by atoms with Crippen LogP contribution in [0.1, 0.15) is 40.1 Å². The topological polar surface area (TPSA) is 77.4 Å². The van der Waals surface area contributed by atoms with E-state index in [1.165, 1.54) is 6.92 Å². The summed E-state index contributed by atoms with van der Waals surface area (Å²) in [5, 5.41) is 2.73. The lowest BCUT2D eigenvalue weighted by molar-refractivity contribution is -0.118. The molecule has 1 heterocycles. The number of ether oxygens (including phenoxy) is 1. The third kappa shape index (κ3) is 5.44. The van der Waals surface area contributed by atoms with Crippen LogP contribution in [0.3, 0.4) is 0 Å². The number of amides is 1. The van der Waals surface area contributed by atoms with Crippen molar-refractivity contribution in [1.29, 1.82) is 0 Å². The van der Waals surface area contributed by atoms with Crippen molar-refractivity contribution in [3.63, 3.8) is 0 Å². The Morgan fingerprint density at radius 1 is 0.967 bits per heavy atom. The van der Waals surface area contributed by atoms with Crippen molar-refractivity contribution in [1.82, 2.24) is 9.88 Å². The van der Waals surface area contributed by atoms with E-state index in [1.807, 2.05) is 47.3 Å². The molecule has 0 radical (unpaired) electrons. The van der Waals surface area contributed by atoms with Crippen LogP contribution in [0, 0.1) is 0 Å². The summed E-state index contributed by atoms with van der Waals surface area (Å²) in [5.74, 6) is -0.883. The minimum absolute atomic E-state index is 0.0728. The van der Waals surface area contributed by atoms with Crippen molar-refractivity contribution in [2.75, 3.05) is 6.54 Å². The van der Waals surface area contributed by atoms with E-state index in [4.69, 9.17) is 4.74 Å². The molecule has 0 aliphatic heterocycles. The average Bonchev–Trinajstić information content (AvgIpc) is 3.28. The number of esters is 1. The van der Waals surface area contributed by atoms with Gasteiger partial charge in [0.15, 0.2) is 6.10 Å². The Labute approximate surface area is 175 Å². The largest absolute Gasteiger partial charge is 0.451 e. The molecular formula is C24H24N2O4. The number of hydrogen-bond donors (Lipinski definition) is 1. The first-order valence-corrected chi connectivity index (χ1v) is 9.76. The summed E-state index contributed by atoms with van der Waals surface area (Å²) in [5.41, 5.74) is 2.70. The summed E-state index contributed by atoms with van der Waals surface area (Å²) < 4.78 is 7.29. The van der Waals surface area contributed by atoms with Crippen molar-refractivity contribution >= 4 is 17.7 Å². The third-order valence-corrected chi connectivity index (χ3v) is 4.66. The van der Waals surface area contributed by atoms with E-state index in [2.05, 4.69) is 5.32 Å². The number of nitrogens with zero attached hydrogens (tertiary/aromatic N) is 1. The Kier molecular flexibility index (Phi) is 6.80. The third-order valence-electron chi connectivity index (χ3n) is 4.66. The molecule has 6 heteroatoms. The van der Waals surface area contributed by atoms with Crippen LogP contribution in [0.15, 0.2) is 73.1 Å². The van der Waals surface area contributed by atoms with Gasteiger partial charge in [0.2, 0.25) is 11.7 Å². The summed E-state index contributed by atoms with van der Waals surface area (Å²) in [6.07, 6.45) is 3.54. The number of hydrogen-bond acceptors (Lipinski definition) is 4. The van der Waals surface area contributed by atoms with Crippen LogP contribution in [-0.4, -0.2) is 34.9 Å². The molecule has 1 aromatic heterocycles. The monoisotopic (exact) mass is 404 g/mol. The highest BCUT2D eigenvalue weighted by molar-refractivity contribution is 6.01. The summed E-state index contributed by atoms with van der Waals surface area (Å²) >= 11 is 0. The van der Waals surface area contributed by atoms with Crippen LogP contribution in [0.2, 0.25) is 0 Å². The molecule has 1 N–H and O–H groups in total. The van der Waals surface area contributed by atoms with E-state index in [1.54, 1.807) is 37.3 Å². The molecule has 0 aliphatic carbocycles. The van der Waals surface area contributed by atoms with Crippen LogP contribution in [-0.2, 0) is 16.0 Å². The number of ketones is 1. The summed E-state index contributed by atoms with van der Waals surface area (Å²) in [6, 6.07) is 17.9. The molecule has 0 saturated heterocycles. The van der Waals surface area contributed by atoms with Crippen molar-refractivity contribution < 1.29 is 19.1 Å².